The van der Waals surface area contributed by atoms with E-state index in [0.29, 0.717) is 19.8 Å². The largest absolute Gasteiger partial charge is 0.494 e. The van der Waals surface area contributed by atoms with E-state index < -0.39 is 0 Å². The third-order valence-corrected chi connectivity index (χ3v) is 3.94. The maximum Gasteiger partial charge on any atom is 0.307 e. The van der Waals surface area contributed by atoms with Gasteiger partial charge in [-0.25, -0.2) is 0 Å². The molecule has 1 amide bonds. The van der Waals surface area contributed by atoms with Crippen molar-refractivity contribution in [3.05, 3.63) is 66.0 Å². The summed E-state index contributed by atoms with van der Waals surface area (Å²) < 4.78 is 10.4. The number of carbonyl (C=O) groups is 2. The van der Waals surface area contributed by atoms with Crippen LogP contribution >= 0.6 is 0 Å². The van der Waals surface area contributed by atoms with Gasteiger partial charge in [0.15, 0.2) is 0 Å². The van der Waals surface area contributed by atoms with Crippen LogP contribution in [-0.2, 0) is 20.9 Å². The average molecular weight is 382 g/mol. The monoisotopic (exact) mass is 382 g/mol. The van der Waals surface area contributed by atoms with Crippen molar-refractivity contribution in [1.29, 1.82) is 0 Å². The Morgan fingerprint density at radius 3 is 2.39 bits per heavy atom. The number of rotatable bonds is 10. The Hall–Kier alpha value is -3.15. The van der Waals surface area contributed by atoms with Gasteiger partial charge in [-0.15, -0.1) is 0 Å². The van der Waals surface area contributed by atoms with Crippen molar-refractivity contribution >= 4 is 18.0 Å². The minimum Gasteiger partial charge on any atom is -0.494 e. The SMILES string of the molecule is CCOC(=O)CCN(Cc1ccncc1)C(=O)/C=C/c1ccc(OCC)cc1. The van der Waals surface area contributed by atoms with Gasteiger partial charge in [0, 0.05) is 31.6 Å². The van der Waals surface area contributed by atoms with Crippen molar-refractivity contribution in [2.45, 2.75) is 26.8 Å². The molecule has 0 fully saturated rings. The maximum absolute atomic E-state index is 12.7. The number of pyridine rings is 1. The highest BCUT2D eigenvalue weighted by Crippen LogP contribution is 2.13. The van der Waals surface area contributed by atoms with Crippen LogP contribution in [0.1, 0.15) is 31.4 Å². The first-order chi connectivity index (χ1) is 13.6. The molecule has 1 heterocycles. The summed E-state index contributed by atoms with van der Waals surface area (Å²) in [6.07, 6.45) is 6.78. The molecule has 148 valence electrons. The van der Waals surface area contributed by atoms with E-state index in [1.54, 1.807) is 30.3 Å². The van der Waals surface area contributed by atoms with Crippen molar-refractivity contribution in [3.8, 4) is 5.75 Å². The molecule has 2 aromatic rings. The van der Waals surface area contributed by atoms with Crippen LogP contribution in [0.3, 0.4) is 0 Å². The topological polar surface area (TPSA) is 68.7 Å². The van der Waals surface area contributed by atoms with Gasteiger partial charge in [0.2, 0.25) is 5.91 Å². The lowest BCUT2D eigenvalue weighted by Gasteiger charge is -2.21. The van der Waals surface area contributed by atoms with Crippen molar-refractivity contribution in [1.82, 2.24) is 9.88 Å². The molecule has 6 nitrogen and oxygen atoms in total. The summed E-state index contributed by atoms with van der Waals surface area (Å²) in [4.78, 5) is 30.0. The number of carbonyl (C=O) groups excluding carboxylic acids is 2. The van der Waals surface area contributed by atoms with Crippen LogP contribution in [0.5, 0.6) is 5.75 Å². The van der Waals surface area contributed by atoms with E-state index in [-0.39, 0.29) is 24.8 Å². The summed E-state index contributed by atoms with van der Waals surface area (Å²) in [7, 11) is 0. The fourth-order valence-electron chi connectivity index (χ4n) is 2.55. The highest BCUT2D eigenvalue weighted by molar-refractivity contribution is 5.92. The van der Waals surface area contributed by atoms with E-state index in [1.165, 1.54) is 6.08 Å². The second kappa shape index (κ2) is 11.5. The predicted molar refractivity (Wildman–Crippen MR) is 108 cm³/mol. The summed E-state index contributed by atoms with van der Waals surface area (Å²) in [6, 6.07) is 11.2. The Balaban J connectivity index is 2.04. The number of esters is 1. The standard InChI is InChI=1S/C22H26N2O4/c1-3-27-20-8-5-18(6-9-20)7-10-21(25)24(16-13-22(26)28-4-2)17-19-11-14-23-15-12-19/h5-12,14-15H,3-4,13,16-17H2,1-2H3/b10-7+. The number of amides is 1. The normalized spacial score (nSPS) is 10.6. The molecule has 0 atom stereocenters. The molecule has 1 aromatic heterocycles. The van der Waals surface area contributed by atoms with Gasteiger partial charge in [0.1, 0.15) is 5.75 Å². The van der Waals surface area contributed by atoms with Gasteiger partial charge in [0.05, 0.1) is 19.6 Å². The molecule has 0 unspecified atom stereocenters. The smallest absolute Gasteiger partial charge is 0.307 e. The van der Waals surface area contributed by atoms with Gasteiger partial charge >= 0.3 is 5.97 Å². The van der Waals surface area contributed by atoms with E-state index in [4.69, 9.17) is 9.47 Å². The van der Waals surface area contributed by atoms with E-state index in [1.807, 2.05) is 43.3 Å². The molecular weight excluding hydrogens is 356 g/mol. The Morgan fingerprint density at radius 2 is 1.75 bits per heavy atom. The number of hydrogen-bond acceptors (Lipinski definition) is 5. The molecular formula is C22H26N2O4. The third-order valence-electron chi connectivity index (χ3n) is 3.94. The molecule has 0 saturated carbocycles. The van der Waals surface area contributed by atoms with E-state index in [0.717, 1.165) is 16.9 Å². The van der Waals surface area contributed by atoms with Crippen molar-refractivity contribution in [2.24, 2.45) is 0 Å². The number of hydrogen-bond donors (Lipinski definition) is 0. The molecule has 2 rings (SSSR count). The van der Waals surface area contributed by atoms with E-state index >= 15 is 0 Å². The van der Waals surface area contributed by atoms with Gasteiger partial charge in [-0.1, -0.05) is 12.1 Å². The van der Waals surface area contributed by atoms with Crippen LogP contribution in [0.15, 0.2) is 54.9 Å². The second-order valence-corrected chi connectivity index (χ2v) is 6.01. The fraction of sp³-hybridized carbons (Fsp3) is 0.318. The summed E-state index contributed by atoms with van der Waals surface area (Å²) in [5, 5.41) is 0. The zero-order valence-electron chi connectivity index (χ0n) is 16.3. The molecule has 6 heteroatoms. The van der Waals surface area contributed by atoms with Crippen LogP contribution in [0, 0.1) is 0 Å². The molecule has 0 radical (unpaired) electrons. The van der Waals surface area contributed by atoms with Crippen molar-refractivity contribution < 1.29 is 19.1 Å². The molecule has 28 heavy (non-hydrogen) atoms. The molecule has 0 bridgehead atoms. The second-order valence-electron chi connectivity index (χ2n) is 6.01. The van der Waals surface area contributed by atoms with Gasteiger partial charge in [-0.05, 0) is 55.3 Å². The van der Waals surface area contributed by atoms with Gasteiger partial charge in [0.25, 0.3) is 0 Å². The molecule has 0 saturated heterocycles. The first kappa shape index (κ1) is 21.2. The first-order valence-corrected chi connectivity index (χ1v) is 9.36. The van der Waals surface area contributed by atoms with E-state index in [9.17, 15) is 9.59 Å². The van der Waals surface area contributed by atoms with Crippen LogP contribution in [0.4, 0.5) is 0 Å². The van der Waals surface area contributed by atoms with Gasteiger partial charge in [-0.2, -0.15) is 0 Å². The molecule has 0 aliphatic rings. The predicted octanol–water partition coefficient (Wildman–Crippen LogP) is 3.48. The number of benzene rings is 1. The molecule has 0 aliphatic carbocycles. The van der Waals surface area contributed by atoms with Gasteiger partial charge in [-0.3, -0.25) is 14.6 Å². The number of ether oxygens (including phenoxy) is 2. The lowest BCUT2D eigenvalue weighted by atomic mass is 10.2. The summed E-state index contributed by atoms with van der Waals surface area (Å²) >= 11 is 0. The number of nitrogens with zero attached hydrogens (tertiary/aromatic N) is 2. The Morgan fingerprint density at radius 1 is 1.04 bits per heavy atom. The maximum atomic E-state index is 12.7. The zero-order chi connectivity index (χ0) is 20.2. The first-order valence-electron chi connectivity index (χ1n) is 9.36. The minimum atomic E-state index is -0.314. The number of aromatic nitrogens is 1. The Kier molecular flexibility index (Phi) is 8.72. The minimum absolute atomic E-state index is 0.154. The molecule has 0 aliphatic heterocycles. The van der Waals surface area contributed by atoms with Crippen LogP contribution < -0.4 is 4.74 Å². The summed E-state index contributed by atoms with van der Waals surface area (Å²) in [5.41, 5.74) is 1.84. The molecule has 1 aromatic carbocycles. The fourth-order valence-corrected chi connectivity index (χ4v) is 2.55. The van der Waals surface area contributed by atoms with Crippen LogP contribution in [-0.4, -0.2) is 41.5 Å². The quantitative estimate of drug-likeness (QED) is 0.465. The van der Waals surface area contributed by atoms with E-state index in [2.05, 4.69) is 4.98 Å². The molecule has 0 spiro atoms. The zero-order valence-corrected chi connectivity index (χ0v) is 16.3. The lowest BCUT2D eigenvalue weighted by Crippen LogP contribution is -2.31. The van der Waals surface area contributed by atoms with Crippen molar-refractivity contribution in [2.75, 3.05) is 19.8 Å². The summed E-state index contributed by atoms with van der Waals surface area (Å²) in [6.45, 7) is 5.31. The highest BCUT2D eigenvalue weighted by atomic mass is 16.5. The Bertz CT molecular complexity index is 773. The van der Waals surface area contributed by atoms with Gasteiger partial charge < -0.3 is 14.4 Å². The van der Waals surface area contributed by atoms with Crippen LogP contribution in [0.25, 0.3) is 6.08 Å². The highest BCUT2D eigenvalue weighted by Gasteiger charge is 2.14. The third kappa shape index (κ3) is 7.23. The average Bonchev–Trinajstić information content (AvgIpc) is 2.71. The lowest BCUT2D eigenvalue weighted by molar-refractivity contribution is -0.143. The van der Waals surface area contributed by atoms with Crippen molar-refractivity contribution in [3.63, 3.8) is 0 Å². The van der Waals surface area contributed by atoms with Crippen LogP contribution in [0.2, 0.25) is 0 Å². The molecule has 0 N–H and O–H groups in total. The Labute approximate surface area is 165 Å². The summed E-state index contributed by atoms with van der Waals surface area (Å²) in [5.74, 6) is 0.306.